The number of benzene rings is 2. The molecule has 1 atom stereocenters. The van der Waals surface area contributed by atoms with E-state index in [1.165, 1.54) is 23.9 Å². The van der Waals surface area contributed by atoms with Crippen LogP contribution in [0.4, 0.5) is 18.9 Å². The fourth-order valence-corrected chi connectivity index (χ4v) is 6.06. The third-order valence-electron chi connectivity index (χ3n) is 5.30. The Labute approximate surface area is 220 Å². The van der Waals surface area contributed by atoms with Crippen LogP contribution in [0.1, 0.15) is 18.9 Å². The number of anilines is 1. The number of nitrogens with zero attached hydrogens (tertiary/aromatic N) is 1. The maximum atomic E-state index is 13.6. The maximum Gasteiger partial charge on any atom is 0.419 e. The SMILES string of the molecule is C[C@@]1(Oc2cc(NS(=O)(=O)c3ccc(Sc4cc(Cl)cc(Cl)c4)nc3)ccc2C(F)(F)F)CCNC1. The average Bonchev–Trinajstić information content (AvgIpc) is 3.18. The van der Waals surface area contributed by atoms with Gasteiger partial charge in [0, 0.05) is 40.2 Å². The first-order chi connectivity index (χ1) is 16.8. The van der Waals surface area contributed by atoms with Crippen molar-refractivity contribution in [2.24, 2.45) is 0 Å². The molecule has 2 heterocycles. The lowest BCUT2D eigenvalue weighted by molar-refractivity contribution is -0.139. The molecule has 36 heavy (non-hydrogen) atoms. The Kier molecular flexibility index (Phi) is 7.68. The Morgan fingerprint density at radius 3 is 2.42 bits per heavy atom. The van der Waals surface area contributed by atoms with E-state index in [-0.39, 0.29) is 10.6 Å². The molecular formula is C23H20Cl2F3N3O3S2. The summed E-state index contributed by atoms with van der Waals surface area (Å²) in [7, 11) is -4.14. The minimum Gasteiger partial charge on any atom is -0.485 e. The molecule has 13 heteroatoms. The van der Waals surface area contributed by atoms with E-state index >= 15 is 0 Å². The van der Waals surface area contributed by atoms with Crippen LogP contribution >= 0.6 is 35.0 Å². The molecule has 1 aromatic heterocycles. The number of pyridine rings is 1. The van der Waals surface area contributed by atoms with Gasteiger partial charge in [0.1, 0.15) is 21.3 Å². The van der Waals surface area contributed by atoms with E-state index < -0.39 is 33.1 Å². The molecule has 0 unspecified atom stereocenters. The van der Waals surface area contributed by atoms with Crippen molar-refractivity contribution in [3.8, 4) is 5.75 Å². The molecule has 2 aromatic carbocycles. The summed E-state index contributed by atoms with van der Waals surface area (Å²) in [6.45, 7) is 2.68. The van der Waals surface area contributed by atoms with Gasteiger partial charge in [-0.25, -0.2) is 13.4 Å². The molecule has 0 spiro atoms. The highest BCUT2D eigenvalue weighted by molar-refractivity contribution is 7.99. The minimum absolute atomic E-state index is 0.0698. The van der Waals surface area contributed by atoms with Crippen LogP contribution in [0, 0.1) is 0 Å². The van der Waals surface area contributed by atoms with Crippen molar-refractivity contribution in [2.75, 3.05) is 17.8 Å². The van der Waals surface area contributed by atoms with Crippen molar-refractivity contribution in [1.82, 2.24) is 10.3 Å². The molecule has 192 valence electrons. The third kappa shape index (κ3) is 6.57. The summed E-state index contributed by atoms with van der Waals surface area (Å²) in [5.74, 6) is -0.445. The minimum atomic E-state index is -4.67. The number of halogens is 5. The zero-order valence-electron chi connectivity index (χ0n) is 18.7. The molecule has 1 saturated heterocycles. The molecule has 0 radical (unpaired) electrons. The largest absolute Gasteiger partial charge is 0.485 e. The Morgan fingerprint density at radius 2 is 1.83 bits per heavy atom. The van der Waals surface area contributed by atoms with E-state index in [1.54, 1.807) is 25.1 Å². The van der Waals surface area contributed by atoms with Gasteiger partial charge in [0.25, 0.3) is 10.0 Å². The number of alkyl halides is 3. The van der Waals surface area contributed by atoms with Gasteiger partial charge < -0.3 is 10.1 Å². The van der Waals surface area contributed by atoms with Gasteiger partial charge in [-0.05, 0) is 55.9 Å². The number of hydrogen-bond acceptors (Lipinski definition) is 6. The second-order valence-electron chi connectivity index (χ2n) is 8.33. The summed E-state index contributed by atoms with van der Waals surface area (Å²) in [5, 5.41) is 4.45. The monoisotopic (exact) mass is 577 g/mol. The smallest absolute Gasteiger partial charge is 0.419 e. The molecule has 6 nitrogen and oxygen atoms in total. The fraction of sp³-hybridized carbons (Fsp3) is 0.261. The molecule has 3 aromatic rings. The quantitative estimate of drug-likeness (QED) is 0.334. The Bertz CT molecular complexity index is 1350. The van der Waals surface area contributed by atoms with Crippen molar-refractivity contribution in [3.05, 3.63) is 70.3 Å². The Hall–Kier alpha value is -2.18. The van der Waals surface area contributed by atoms with Crippen LogP contribution in [0.3, 0.4) is 0 Å². The van der Waals surface area contributed by atoms with Crippen molar-refractivity contribution in [1.29, 1.82) is 0 Å². The predicted octanol–water partition coefficient (Wildman–Crippen LogP) is 6.49. The van der Waals surface area contributed by atoms with Gasteiger partial charge in [-0.1, -0.05) is 35.0 Å². The Balaban J connectivity index is 1.55. The summed E-state index contributed by atoms with van der Waals surface area (Å²) < 4.78 is 74.5. The first-order valence-corrected chi connectivity index (χ1v) is 13.6. The lowest BCUT2D eigenvalue weighted by Gasteiger charge is -2.27. The number of aromatic nitrogens is 1. The summed E-state index contributed by atoms with van der Waals surface area (Å²) in [6.07, 6.45) is -3.00. The highest BCUT2D eigenvalue weighted by Gasteiger charge is 2.38. The highest BCUT2D eigenvalue weighted by atomic mass is 35.5. The van der Waals surface area contributed by atoms with Gasteiger partial charge in [0.05, 0.1) is 11.3 Å². The van der Waals surface area contributed by atoms with Crippen molar-refractivity contribution in [3.63, 3.8) is 0 Å². The number of rotatable bonds is 7. The van der Waals surface area contributed by atoms with E-state index in [9.17, 15) is 21.6 Å². The summed E-state index contributed by atoms with van der Waals surface area (Å²) in [6, 6.07) is 10.7. The van der Waals surface area contributed by atoms with Crippen molar-refractivity contribution < 1.29 is 26.3 Å². The van der Waals surface area contributed by atoms with E-state index in [1.807, 2.05) is 0 Å². The molecular weight excluding hydrogens is 558 g/mol. The van der Waals surface area contributed by atoms with Crippen LogP contribution in [0.25, 0.3) is 0 Å². The summed E-state index contributed by atoms with van der Waals surface area (Å²) in [4.78, 5) is 4.72. The van der Waals surface area contributed by atoms with Crippen LogP contribution < -0.4 is 14.8 Å². The van der Waals surface area contributed by atoms with Gasteiger partial charge >= 0.3 is 6.18 Å². The topological polar surface area (TPSA) is 80.3 Å². The van der Waals surface area contributed by atoms with Gasteiger partial charge in [-0.2, -0.15) is 13.2 Å². The average molecular weight is 578 g/mol. The number of sulfonamides is 1. The maximum absolute atomic E-state index is 13.6. The van der Waals surface area contributed by atoms with Gasteiger partial charge in [0.2, 0.25) is 0 Å². The number of nitrogens with one attached hydrogen (secondary N) is 2. The number of ether oxygens (including phenoxy) is 1. The molecule has 1 aliphatic rings. The third-order valence-corrected chi connectivity index (χ3v) is 8.03. The second-order valence-corrected chi connectivity index (χ2v) is 12.0. The number of hydrogen-bond donors (Lipinski definition) is 2. The van der Waals surface area contributed by atoms with E-state index in [2.05, 4.69) is 15.0 Å². The van der Waals surface area contributed by atoms with Gasteiger partial charge in [0.15, 0.2) is 0 Å². The van der Waals surface area contributed by atoms with E-state index in [4.69, 9.17) is 27.9 Å². The highest BCUT2D eigenvalue weighted by Crippen LogP contribution is 2.40. The lowest BCUT2D eigenvalue weighted by Crippen LogP contribution is -2.35. The van der Waals surface area contributed by atoms with Gasteiger partial charge in [-0.15, -0.1) is 0 Å². The zero-order chi connectivity index (χ0) is 26.1. The zero-order valence-corrected chi connectivity index (χ0v) is 21.8. The molecule has 2 N–H and O–H groups in total. The molecule has 0 saturated carbocycles. The fourth-order valence-electron chi connectivity index (χ4n) is 3.56. The molecule has 1 fully saturated rings. The van der Waals surface area contributed by atoms with Crippen LogP contribution in [-0.2, 0) is 16.2 Å². The van der Waals surface area contributed by atoms with Crippen LogP contribution in [0.2, 0.25) is 10.0 Å². The van der Waals surface area contributed by atoms with Gasteiger partial charge in [-0.3, -0.25) is 4.72 Å². The first kappa shape index (κ1) is 26.9. The molecule has 0 bridgehead atoms. The van der Waals surface area contributed by atoms with Crippen molar-refractivity contribution >= 4 is 50.7 Å². The standard InChI is InChI=1S/C23H20Cl2F3N3O3S2/c1-22(6-7-29-13-22)34-20-11-16(2-4-19(20)23(26,27)28)31-36(32,33)18-3-5-21(30-12-18)35-17-9-14(24)8-15(25)10-17/h2-5,8-12,29,31H,6-7,13H2,1H3/t22-/m1/s1. The lowest BCUT2D eigenvalue weighted by atomic mass is 10.1. The second kappa shape index (κ2) is 10.3. The molecule has 0 amide bonds. The summed E-state index contributed by atoms with van der Waals surface area (Å²) in [5.41, 5.74) is -1.90. The normalized spacial score (nSPS) is 18.3. The predicted molar refractivity (Wildman–Crippen MR) is 134 cm³/mol. The molecule has 1 aliphatic heterocycles. The summed E-state index contributed by atoms with van der Waals surface area (Å²) >= 11 is 13.2. The van der Waals surface area contributed by atoms with E-state index in [0.717, 1.165) is 29.3 Å². The van der Waals surface area contributed by atoms with Crippen LogP contribution in [0.5, 0.6) is 5.75 Å². The van der Waals surface area contributed by atoms with Crippen molar-refractivity contribution in [2.45, 2.75) is 39.9 Å². The van der Waals surface area contributed by atoms with Crippen LogP contribution in [0.15, 0.2) is 69.5 Å². The first-order valence-electron chi connectivity index (χ1n) is 10.6. The molecule has 0 aliphatic carbocycles. The van der Waals surface area contributed by atoms with E-state index in [0.29, 0.717) is 34.6 Å². The molecule has 4 rings (SSSR count). The van der Waals surface area contributed by atoms with Crippen LogP contribution in [-0.4, -0.2) is 32.1 Å². The Morgan fingerprint density at radius 1 is 1.11 bits per heavy atom.